The van der Waals surface area contributed by atoms with Crippen LogP contribution in [0.4, 0.5) is 0 Å². The largest absolute Gasteiger partial charge is 0.320 e. The van der Waals surface area contributed by atoms with Crippen LogP contribution in [0.5, 0.6) is 0 Å². The van der Waals surface area contributed by atoms with E-state index in [2.05, 4.69) is 39.5 Å². The van der Waals surface area contributed by atoms with Crippen molar-refractivity contribution >= 4 is 0 Å². The van der Waals surface area contributed by atoms with Gasteiger partial charge in [0.15, 0.2) is 0 Å². The molecule has 1 heteroatoms. The number of piperidine rings is 1. The lowest BCUT2D eigenvalue weighted by Crippen LogP contribution is -2.55. The molecule has 1 aliphatic heterocycles. The summed E-state index contributed by atoms with van der Waals surface area (Å²) in [4.78, 5) is 0. The lowest BCUT2D eigenvalue weighted by Gasteiger charge is -2.46. The van der Waals surface area contributed by atoms with Crippen LogP contribution in [0.2, 0.25) is 0 Å². The molecule has 0 amide bonds. The Morgan fingerprint density at radius 1 is 1.26 bits per heavy atom. The van der Waals surface area contributed by atoms with Crippen molar-refractivity contribution in [2.75, 3.05) is 26.2 Å². The van der Waals surface area contributed by atoms with Gasteiger partial charge in [-0.2, -0.15) is 0 Å². The molecule has 2 aliphatic rings. The molecule has 0 aromatic carbocycles. The zero-order chi connectivity index (χ0) is 13.9. The van der Waals surface area contributed by atoms with Crippen LogP contribution in [0.15, 0.2) is 24.3 Å². The molecule has 1 nitrogen and oxygen atoms in total. The van der Waals surface area contributed by atoms with Gasteiger partial charge >= 0.3 is 0 Å². The van der Waals surface area contributed by atoms with Crippen molar-refractivity contribution in [3.63, 3.8) is 0 Å². The molecule has 3 atom stereocenters. The molecule has 0 N–H and O–H groups in total. The highest BCUT2D eigenvalue weighted by Crippen LogP contribution is 2.36. The van der Waals surface area contributed by atoms with E-state index >= 15 is 0 Å². The molecule has 1 fully saturated rings. The molecule has 0 saturated carbocycles. The first kappa shape index (κ1) is 14.8. The standard InChI is InChI=1S/C18H32N/c1-5-9-19(10-7-6-8-11-19)14-18-16(3)12-15(2)13-17(18)4/h5,12,16-18H,1,6-11,13-14H2,2-4H3/q+1/t16-,17+,18+/m0/s1. The summed E-state index contributed by atoms with van der Waals surface area (Å²) >= 11 is 0. The molecule has 0 bridgehead atoms. The van der Waals surface area contributed by atoms with Crippen LogP contribution in [0.25, 0.3) is 0 Å². The Morgan fingerprint density at radius 2 is 1.95 bits per heavy atom. The molecular weight excluding hydrogens is 230 g/mol. The minimum Gasteiger partial charge on any atom is -0.320 e. The maximum absolute atomic E-state index is 4.02. The zero-order valence-corrected chi connectivity index (χ0v) is 13.2. The average Bonchev–Trinajstić information content (AvgIpc) is 2.35. The van der Waals surface area contributed by atoms with Gasteiger partial charge in [-0.1, -0.05) is 32.1 Å². The highest BCUT2D eigenvalue weighted by atomic mass is 15.4. The first-order valence-corrected chi connectivity index (χ1v) is 8.19. The fourth-order valence-corrected chi connectivity index (χ4v) is 4.51. The predicted octanol–water partition coefficient (Wildman–Crippen LogP) is 4.41. The quantitative estimate of drug-likeness (QED) is 0.520. The smallest absolute Gasteiger partial charge is 0.0971 e. The third-order valence-corrected chi connectivity index (χ3v) is 5.48. The second-order valence-corrected chi connectivity index (χ2v) is 7.22. The van der Waals surface area contributed by atoms with Crippen LogP contribution in [0.1, 0.15) is 46.5 Å². The van der Waals surface area contributed by atoms with Gasteiger partial charge in [0.1, 0.15) is 0 Å². The number of hydrogen-bond acceptors (Lipinski definition) is 0. The van der Waals surface area contributed by atoms with E-state index in [1.807, 2.05) is 0 Å². The second-order valence-electron chi connectivity index (χ2n) is 7.22. The number of nitrogens with zero attached hydrogens (tertiary/aromatic N) is 1. The first-order chi connectivity index (χ1) is 9.06. The fraction of sp³-hybridized carbons (Fsp3) is 0.778. The summed E-state index contributed by atoms with van der Waals surface area (Å²) in [5, 5.41) is 0. The van der Waals surface area contributed by atoms with Gasteiger partial charge in [0.2, 0.25) is 0 Å². The summed E-state index contributed by atoms with van der Waals surface area (Å²) < 4.78 is 1.32. The highest BCUT2D eigenvalue weighted by Gasteiger charge is 2.37. The van der Waals surface area contributed by atoms with Crippen molar-refractivity contribution in [2.24, 2.45) is 17.8 Å². The molecule has 0 aromatic heterocycles. The van der Waals surface area contributed by atoms with Gasteiger partial charge in [0.05, 0.1) is 26.2 Å². The molecule has 2 rings (SSSR count). The molecule has 1 heterocycles. The maximum Gasteiger partial charge on any atom is 0.0971 e. The lowest BCUT2D eigenvalue weighted by molar-refractivity contribution is -0.931. The summed E-state index contributed by atoms with van der Waals surface area (Å²) in [5.74, 6) is 2.47. The fourth-order valence-electron chi connectivity index (χ4n) is 4.51. The van der Waals surface area contributed by atoms with E-state index in [0.717, 1.165) is 17.8 Å². The topological polar surface area (TPSA) is 0 Å². The van der Waals surface area contributed by atoms with Gasteiger partial charge in [-0.3, -0.25) is 0 Å². The molecule has 19 heavy (non-hydrogen) atoms. The first-order valence-electron chi connectivity index (χ1n) is 8.19. The molecule has 0 radical (unpaired) electrons. The van der Waals surface area contributed by atoms with Crippen LogP contribution < -0.4 is 0 Å². The summed E-state index contributed by atoms with van der Waals surface area (Å²) in [7, 11) is 0. The maximum atomic E-state index is 4.02. The molecule has 0 aromatic rings. The van der Waals surface area contributed by atoms with E-state index < -0.39 is 0 Å². The van der Waals surface area contributed by atoms with E-state index in [-0.39, 0.29) is 0 Å². The van der Waals surface area contributed by atoms with E-state index in [1.54, 1.807) is 5.57 Å². The Hall–Kier alpha value is -0.560. The third kappa shape index (κ3) is 3.51. The Balaban J connectivity index is 2.10. The number of allylic oxidation sites excluding steroid dienone is 2. The number of rotatable bonds is 4. The Morgan fingerprint density at radius 3 is 2.53 bits per heavy atom. The van der Waals surface area contributed by atoms with Gasteiger partial charge in [-0.05, 0) is 50.5 Å². The van der Waals surface area contributed by atoms with Crippen molar-refractivity contribution in [3.8, 4) is 0 Å². The lowest BCUT2D eigenvalue weighted by atomic mass is 9.74. The van der Waals surface area contributed by atoms with Crippen LogP contribution in [0.3, 0.4) is 0 Å². The van der Waals surface area contributed by atoms with Crippen molar-refractivity contribution in [1.29, 1.82) is 0 Å². The number of quaternary nitrogens is 1. The van der Waals surface area contributed by atoms with E-state index in [0.29, 0.717) is 0 Å². The molecule has 0 unspecified atom stereocenters. The zero-order valence-electron chi connectivity index (χ0n) is 13.2. The van der Waals surface area contributed by atoms with Crippen LogP contribution in [-0.4, -0.2) is 30.7 Å². The van der Waals surface area contributed by atoms with Crippen molar-refractivity contribution in [3.05, 3.63) is 24.3 Å². The average molecular weight is 262 g/mol. The van der Waals surface area contributed by atoms with E-state index in [1.165, 1.54) is 56.3 Å². The van der Waals surface area contributed by atoms with Crippen molar-refractivity contribution < 1.29 is 4.48 Å². The van der Waals surface area contributed by atoms with Crippen LogP contribution >= 0.6 is 0 Å². The number of likely N-dealkylation sites (tertiary alicyclic amines) is 1. The van der Waals surface area contributed by atoms with Gasteiger partial charge in [0, 0.05) is 5.92 Å². The summed E-state index contributed by atoms with van der Waals surface area (Å²) in [5.41, 5.74) is 1.60. The highest BCUT2D eigenvalue weighted by molar-refractivity contribution is 5.08. The van der Waals surface area contributed by atoms with Crippen LogP contribution in [0, 0.1) is 17.8 Å². The molecule has 0 spiro atoms. The monoisotopic (exact) mass is 262 g/mol. The number of hydrogen-bond donors (Lipinski definition) is 0. The Labute approximate surface area is 120 Å². The minimum absolute atomic E-state index is 0.755. The predicted molar refractivity (Wildman–Crippen MR) is 84.0 cm³/mol. The summed E-state index contributed by atoms with van der Waals surface area (Å²) in [6, 6.07) is 0. The Kier molecular flexibility index (Phi) is 4.89. The van der Waals surface area contributed by atoms with Gasteiger partial charge in [-0.25, -0.2) is 0 Å². The Bertz CT molecular complexity index is 336. The SMILES string of the molecule is C=CC[N+]1(C[C@H]2[C@H](C)CC(C)=C[C@@H]2C)CCCCC1. The normalized spacial score (nSPS) is 34.7. The van der Waals surface area contributed by atoms with Crippen molar-refractivity contribution in [2.45, 2.75) is 46.5 Å². The van der Waals surface area contributed by atoms with Crippen LogP contribution in [-0.2, 0) is 0 Å². The van der Waals surface area contributed by atoms with Gasteiger partial charge in [-0.15, -0.1) is 0 Å². The van der Waals surface area contributed by atoms with Gasteiger partial charge < -0.3 is 4.48 Å². The molecular formula is C18H32N+. The van der Waals surface area contributed by atoms with Gasteiger partial charge in [0.25, 0.3) is 0 Å². The molecule has 1 aliphatic carbocycles. The summed E-state index contributed by atoms with van der Waals surface area (Å²) in [6.45, 7) is 16.5. The van der Waals surface area contributed by atoms with Crippen molar-refractivity contribution in [1.82, 2.24) is 0 Å². The second kappa shape index (κ2) is 6.26. The summed E-state index contributed by atoms with van der Waals surface area (Å²) in [6.07, 6.45) is 10.3. The third-order valence-electron chi connectivity index (χ3n) is 5.48. The molecule has 108 valence electrons. The minimum atomic E-state index is 0.755. The van der Waals surface area contributed by atoms with E-state index in [4.69, 9.17) is 0 Å². The molecule has 1 saturated heterocycles. The van der Waals surface area contributed by atoms with E-state index in [9.17, 15) is 0 Å².